The van der Waals surface area contributed by atoms with Crippen molar-refractivity contribution in [3.8, 4) is 11.3 Å². The third kappa shape index (κ3) is 2.95. The first-order chi connectivity index (χ1) is 11.6. The molecule has 0 spiro atoms. The molecule has 0 fully saturated rings. The van der Waals surface area contributed by atoms with Crippen LogP contribution in [-0.4, -0.2) is 4.57 Å². The average Bonchev–Trinajstić information content (AvgIpc) is 3.14. The Labute approximate surface area is 156 Å². The zero-order valence-electron chi connectivity index (χ0n) is 13.0. The van der Waals surface area contributed by atoms with Gasteiger partial charge in [0, 0.05) is 10.6 Å². The molecule has 2 heterocycles. The molecule has 24 heavy (non-hydrogen) atoms. The summed E-state index contributed by atoms with van der Waals surface area (Å²) in [5.41, 5.74) is 3.48. The van der Waals surface area contributed by atoms with Crippen LogP contribution in [-0.2, 0) is 19.5 Å². The van der Waals surface area contributed by atoms with Gasteiger partial charge in [0.15, 0.2) is 5.69 Å². The number of imidazole rings is 1. The highest BCUT2D eigenvalue weighted by atomic mass is 35.5. The second kappa shape index (κ2) is 6.44. The largest absolute Gasteiger partial charge is 0.257 e. The minimum absolute atomic E-state index is 0.584. The fraction of sp³-hybridized carbons (Fsp3) is 0.211. The summed E-state index contributed by atoms with van der Waals surface area (Å²) in [5, 5.41) is 1.94. The molecule has 0 N–H and O–H groups in total. The molecule has 4 rings (SSSR count). The van der Waals surface area contributed by atoms with E-state index in [-0.39, 0.29) is 0 Å². The lowest BCUT2D eigenvalue weighted by Crippen LogP contribution is -2.36. The first kappa shape index (κ1) is 16.0. The lowest BCUT2D eigenvalue weighted by Gasteiger charge is -2.01. The van der Waals surface area contributed by atoms with Crippen LogP contribution in [0.3, 0.4) is 0 Å². The van der Waals surface area contributed by atoms with Gasteiger partial charge >= 0.3 is 0 Å². The van der Waals surface area contributed by atoms with Crippen molar-refractivity contribution in [1.29, 1.82) is 0 Å². The van der Waals surface area contributed by atoms with Crippen molar-refractivity contribution in [2.75, 3.05) is 0 Å². The monoisotopic (exact) mass is 377 g/mol. The number of hydrogen-bond donors (Lipinski definition) is 0. The molecule has 3 aromatic rings. The van der Waals surface area contributed by atoms with Crippen molar-refractivity contribution in [3.05, 3.63) is 75.1 Å². The molecule has 0 amide bonds. The van der Waals surface area contributed by atoms with E-state index < -0.39 is 0 Å². The van der Waals surface area contributed by atoms with E-state index >= 15 is 0 Å². The van der Waals surface area contributed by atoms with Crippen LogP contribution < -0.4 is 4.57 Å². The Morgan fingerprint density at radius 2 is 1.88 bits per heavy atom. The molecule has 0 unspecified atom stereocenters. The number of halogens is 3. The molecular formula is C19H16Cl3N2+. The number of nitrogens with zero attached hydrogens (tertiary/aromatic N) is 2. The smallest absolute Gasteiger partial charge is 0.229 e. The van der Waals surface area contributed by atoms with Crippen LogP contribution in [0.25, 0.3) is 11.3 Å². The van der Waals surface area contributed by atoms with E-state index in [1.807, 2.05) is 36.4 Å². The number of aromatic nitrogens is 2. The van der Waals surface area contributed by atoms with E-state index in [9.17, 15) is 0 Å². The zero-order valence-corrected chi connectivity index (χ0v) is 15.2. The van der Waals surface area contributed by atoms with E-state index in [1.165, 1.54) is 23.5 Å². The van der Waals surface area contributed by atoms with Crippen LogP contribution in [0.4, 0.5) is 0 Å². The first-order valence-corrected chi connectivity index (χ1v) is 9.07. The molecule has 2 nitrogen and oxygen atoms in total. The predicted molar refractivity (Wildman–Crippen MR) is 99.0 cm³/mol. The van der Waals surface area contributed by atoms with Crippen molar-refractivity contribution in [3.63, 3.8) is 0 Å². The Bertz CT molecular complexity index is 915. The molecule has 1 aliphatic rings. The van der Waals surface area contributed by atoms with Gasteiger partial charge in [-0.1, -0.05) is 46.9 Å². The normalized spacial score (nSPS) is 13.3. The molecule has 0 saturated heterocycles. The fourth-order valence-electron chi connectivity index (χ4n) is 3.36. The Balaban J connectivity index is 1.76. The number of rotatable bonds is 3. The quantitative estimate of drug-likeness (QED) is 0.540. The van der Waals surface area contributed by atoms with Crippen LogP contribution in [0.1, 0.15) is 17.8 Å². The molecule has 0 bridgehead atoms. The van der Waals surface area contributed by atoms with Gasteiger partial charge in [0.1, 0.15) is 12.7 Å². The molecule has 1 aromatic heterocycles. The molecular weight excluding hydrogens is 363 g/mol. The maximum absolute atomic E-state index is 6.21. The Morgan fingerprint density at radius 1 is 1.00 bits per heavy atom. The van der Waals surface area contributed by atoms with Crippen molar-refractivity contribution >= 4 is 34.8 Å². The third-order valence-electron chi connectivity index (χ3n) is 4.45. The minimum atomic E-state index is 0.584. The van der Waals surface area contributed by atoms with E-state index in [4.69, 9.17) is 34.8 Å². The van der Waals surface area contributed by atoms with E-state index in [0.717, 1.165) is 30.1 Å². The standard InChI is InChI=1S/C19H16Cl3N2/c20-15-4-1-3-13(9-15)11-23-12-18(24-8-2-5-19(23)24)14-6-7-16(21)17(22)10-14/h1,3-4,6-7,9-10,12H,2,5,8,11H2/q+1. The van der Waals surface area contributed by atoms with Gasteiger partial charge in [-0.15, -0.1) is 0 Å². The van der Waals surface area contributed by atoms with Gasteiger partial charge in [0.05, 0.1) is 23.0 Å². The highest BCUT2D eigenvalue weighted by molar-refractivity contribution is 6.42. The van der Waals surface area contributed by atoms with E-state index in [2.05, 4.69) is 21.4 Å². The van der Waals surface area contributed by atoms with Crippen LogP contribution in [0.5, 0.6) is 0 Å². The molecule has 0 aliphatic carbocycles. The molecule has 0 radical (unpaired) electrons. The fourth-order valence-corrected chi connectivity index (χ4v) is 3.87. The van der Waals surface area contributed by atoms with Gasteiger partial charge in [-0.2, -0.15) is 0 Å². The molecule has 1 aliphatic heterocycles. The second-order valence-electron chi connectivity index (χ2n) is 6.07. The van der Waals surface area contributed by atoms with Crippen LogP contribution in [0.15, 0.2) is 48.7 Å². The SMILES string of the molecule is Clc1cccc(C[n+]2cc(-c3ccc(Cl)c(Cl)c3)n3c2CCC3)c1. The number of benzene rings is 2. The summed E-state index contributed by atoms with van der Waals surface area (Å²) in [6.45, 7) is 1.85. The van der Waals surface area contributed by atoms with E-state index in [1.54, 1.807) is 0 Å². The maximum atomic E-state index is 6.21. The van der Waals surface area contributed by atoms with Crippen molar-refractivity contribution in [1.82, 2.24) is 4.57 Å². The lowest BCUT2D eigenvalue weighted by atomic mass is 10.1. The van der Waals surface area contributed by atoms with Gasteiger partial charge in [0.25, 0.3) is 5.82 Å². The Hall–Kier alpha value is -1.48. The van der Waals surface area contributed by atoms with Gasteiger partial charge in [-0.05, 0) is 42.3 Å². The number of fused-ring (bicyclic) bond motifs is 1. The molecule has 0 atom stereocenters. The van der Waals surface area contributed by atoms with Crippen molar-refractivity contribution in [2.24, 2.45) is 0 Å². The summed E-state index contributed by atoms with van der Waals surface area (Å²) < 4.78 is 4.70. The average molecular weight is 379 g/mol. The Morgan fingerprint density at radius 3 is 2.67 bits per heavy atom. The molecule has 5 heteroatoms. The second-order valence-corrected chi connectivity index (χ2v) is 7.32. The van der Waals surface area contributed by atoms with Gasteiger partial charge in [-0.3, -0.25) is 0 Å². The highest BCUT2D eigenvalue weighted by Gasteiger charge is 2.28. The topological polar surface area (TPSA) is 8.81 Å². The maximum Gasteiger partial charge on any atom is 0.257 e. The van der Waals surface area contributed by atoms with Crippen molar-refractivity contribution in [2.45, 2.75) is 25.9 Å². The van der Waals surface area contributed by atoms with Crippen LogP contribution in [0.2, 0.25) is 15.1 Å². The minimum Gasteiger partial charge on any atom is -0.229 e. The predicted octanol–water partition coefficient (Wildman–Crippen LogP) is 5.40. The molecule has 122 valence electrons. The summed E-state index contributed by atoms with van der Waals surface area (Å²) in [7, 11) is 0. The highest BCUT2D eigenvalue weighted by Crippen LogP contribution is 2.30. The van der Waals surface area contributed by atoms with Gasteiger partial charge in [0.2, 0.25) is 0 Å². The molecule has 0 saturated carbocycles. The van der Waals surface area contributed by atoms with Crippen LogP contribution in [0, 0.1) is 0 Å². The lowest BCUT2D eigenvalue weighted by molar-refractivity contribution is -0.694. The van der Waals surface area contributed by atoms with Gasteiger partial charge < -0.3 is 0 Å². The molecule has 2 aromatic carbocycles. The van der Waals surface area contributed by atoms with Gasteiger partial charge in [-0.25, -0.2) is 9.13 Å². The van der Waals surface area contributed by atoms with E-state index in [0.29, 0.717) is 10.0 Å². The third-order valence-corrected chi connectivity index (χ3v) is 5.43. The zero-order chi connectivity index (χ0) is 16.7. The summed E-state index contributed by atoms with van der Waals surface area (Å²) >= 11 is 18.4. The van der Waals surface area contributed by atoms with Crippen LogP contribution >= 0.6 is 34.8 Å². The Kier molecular flexibility index (Phi) is 4.29. The van der Waals surface area contributed by atoms with Crippen molar-refractivity contribution < 1.29 is 4.57 Å². The summed E-state index contributed by atoms with van der Waals surface area (Å²) in [4.78, 5) is 0. The summed E-state index contributed by atoms with van der Waals surface area (Å²) in [6.07, 6.45) is 4.46. The summed E-state index contributed by atoms with van der Waals surface area (Å²) in [5.74, 6) is 1.34. The number of hydrogen-bond acceptors (Lipinski definition) is 0. The first-order valence-electron chi connectivity index (χ1n) is 7.93. The summed E-state index contributed by atoms with van der Waals surface area (Å²) in [6, 6.07) is 13.8.